The Hall–Kier alpha value is -7.40. The van der Waals surface area contributed by atoms with Gasteiger partial charge in [0.1, 0.15) is 5.65 Å². The minimum absolute atomic E-state index is 0. The van der Waals surface area contributed by atoms with Crippen LogP contribution in [-0.4, -0.2) is 23.8 Å². The van der Waals surface area contributed by atoms with Crippen molar-refractivity contribution < 1.29 is 25.8 Å². The number of imidazole rings is 2. The average molecular weight is 949 g/mol. The van der Waals surface area contributed by atoms with Gasteiger partial charge in [-0.2, -0.15) is 0 Å². The predicted molar refractivity (Wildman–Crippen MR) is 238 cm³/mol. The quantitative estimate of drug-likeness (QED) is 0.123. The Morgan fingerprint density at radius 1 is 0.383 bits per heavy atom. The molecule has 0 spiro atoms. The van der Waals surface area contributed by atoms with Gasteiger partial charge in [-0.3, -0.25) is 9.97 Å². The minimum Gasteiger partial charge on any atom is -0.497 e. The summed E-state index contributed by atoms with van der Waals surface area (Å²) in [6, 6.07) is 69.7. The SMILES string of the molecule is [Pt+2].[c-]1c(Oc2[c-]c3c(cc2)c2cccnc2n2c(-c4ccccc4)c(-c4ccccc4)nc32)ccc2c1c1nc(-c3ccccc3)c(-c3ccccc3)n1c1ccccc21. The molecule has 0 saturated carbocycles. The van der Waals surface area contributed by atoms with Crippen molar-refractivity contribution in [3.63, 3.8) is 0 Å². The maximum Gasteiger partial charge on any atom is 2.00 e. The van der Waals surface area contributed by atoms with Gasteiger partial charge in [0.25, 0.3) is 0 Å². The van der Waals surface area contributed by atoms with Crippen LogP contribution in [0.2, 0.25) is 0 Å². The van der Waals surface area contributed by atoms with E-state index in [2.05, 4.69) is 148 Å². The number of ether oxygens (including phenoxy) is 1. The Bertz CT molecular complexity index is 3330. The van der Waals surface area contributed by atoms with Crippen molar-refractivity contribution in [2.45, 2.75) is 0 Å². The van der Waals surface area contributed by atoms with E-state index < -0.39 is 0 Å². The fourth-order valence-corrected chi connectivity index (χ4v) is 8.61. The maximum absolute atomic E-state index is 6.73. The maximum atomic E-state index is 6.73. The first-order chi connectivity index (χ1) is 29.3. The van der Waals surface area contributed by atoms with Crippen molar-refractivity contribution in [2.24, 2.45) is 0 Å². The Labute approximate surface area is 359 Å². The number of para-hydroxylation sites is 1. The van der Waals surface area contributed by atoms with Crippen LogP contribution in [0.25, 0.3) is 99.8 Å². The molecule has 12 rings (SSSR count). The standard InChI is InChI=1S/C53H31N5O.Pt/c1-5-16-34(17-6-1)47-49(36-20-9-3-10-21-36)57-46-26-14-13-24-42(46)40-29-27-38(32-44(40)52(57)55-47)59-39-28-30-41-43-25-15-31-54-51(43)58-50(37-22-11-4-12-23-37)48(35-18-7-2-8-19-35)56-53(58)45(41)33-39;/h1-31H;/q-2;+2. The Kier molecular flexibility index (Phi) is 8.61. The van der Waals surface area contributed by atoms with Gasteiger partial charge in [0.15, 0.2) is 0 Å². The number of hydrogen-bond acceptors (Lipinski definition) is 4. The molecule has 0 bridgehead atoms. The zero-order valence-electron chi connectivity index (χ0n) is 31.9. The van der Waals surface area contributed by atoms with Crippen LogP contribution < -0.4 is 4.74 Å². The van der Waals surface area contributed by atoms with Gasteiger partial charge in [-0.05, 0) is 28.5 Å². The number of benzene rings is 7. The van der Waals surface area contributed by atoms with E-state index >= 15 is 0 Å². The fraction of sp³-hybridized carbons (Fsp3) is 0. The second-order valence-electron chi connectivity index (χ2n) is 14.6. The van der Waals surface area contributed by atoms with E-state index in [4.69, 9.17) is 19.7 Å². The smallest absolute Gasteiger partial charge is 0.497 e. The van der Waals surface area contributed by atoms with Gasteiger partial charge >= 0.3 is 21.1 Å². The number of nitrogens with zero attached hydrogens (tertiary/aromatic N) is 5. The molecular weight excluding hydrogens is 918 g/mol. The van der Waals surface area contributed by atoms with Crippen LogP contribution in [0.1, 0.15) is 0 Å². The first-order valence-corrected chi connectivity index (χ1v) is 19.6. The monoisotopic (exact) mass is 948 g/mol. The molecule has 0 amide bonds. The summed E-state index contributed by atoms with van der Waals surface area (Å²) in [5.41, 5.74) is 11.5. The molecule has 12 aromatic rings. The van der Waals surface area contributed by atoms with Crippen LogP contribution in [-0.2, 0) is 21.1 Å². The van der Waals surface area contributed by atoms with Gasteiger partial charge in [-0.15, -0.1) is 12.1 Å². The van der Waals surface area contributed by atoms with E-state index in [0.29, 0.717) is 11.5 Å². The number of pyridine rings is 3. The molecule has 0 radical (unpaired) electrons. The molecule has 0 saturated heterocycles. The van der Waals surface area contributed by atoms with E-state index in [0.717, 1.165) is 99.8 Å². The second-order valence-corrected chi connectivity index (χ2v) is 14.6. The number of aromatic nitrogens is 5. The molecule has 0 N–H and O–H groups in total. The van der Waals surface area contributed by atoms with E-state index in [-0.39, 0.29) is 21.1 Å². The number of rotatable bonds is 6. The molecule has 5 aromatic heterocycles. The van der Waals surface area contributed by atoms with Crippen LogP contribution in [0.5, 0.6) is 11.5 Å². The van der Waals surface area contributed by atoms with Crippen molar-refractivity contribution in [2.75, 3.05) is 0 Å². The topological polar surface area (TPSA) is 56.7 Å². The molecule has 0 aliphatic rings. The van der Waals surface area contributed by atoms with Crippen LogP contribution in [0.3, 0.4) is 0 Å². The summed E-state index contributed by atoms with van der Waals surface area (Å²) in [6.45, 7) is 0. The largest absolute Gasteiger partial charge is 2.00 e. The Morgan fingerprint density at radius 2 is 0.833 bits per heavy atom. The fourth-order valence-electron chi connectivity index (χ4n) is 8.61. The van der Waals surface area contributed by atoms with E-state index in [1.807, 2.05) is 60.8 Å². The van der Waals surface area contributed by atoms with Gasteiger partial charge in [0.05, 0.1) is 34.1 Å². The van der Waals surface area contributed by atoms with Gasteiger partial charge in [-0.1, -0.05) is 191 Å². The van der Waals surface area contributed by atoms with E-state index in [9.17, 15) is 0 Å². The summed E-state index contributed by atoms with van der Waals surface area (Å²) in [7, 11) is 0. The molecule has 60 heavy (non-hydrogen) atoms. The molecule has 5 heterocycles. The molecule has 0 fully saturated rings. The normalized spacial score (nSPS) is 11.5. The molecule has 7 aromatic carbocycles. The van der Waals surface area contributed by atoms with Crippen LogP contribution >= 0.6 is 0 Å². The predicted octanol–water partition coefficient (Wildman–Crippen LogP) is 13.0. The van der Waals surface area contributed by atoms with Gasteiger partial charge in [0.2, 0.25) is 0 Å². The molecule has 0 aliphatic carbocycles. The summed E-state index contributed by atoms with van der Waals surface area (Å²) in [6.07, 6.45) is 1.84. The van der Waals surface area contributed by atoms with E-state index in [1.54, 1.807) is 0 Å². The van der Waals surface area contributed by atoms with Crippen LogP contribution in [0, 0.1) is 12.1 Å². The van der Waals surface area contributed by atoms with E-state index in [1.165, 1.54) is 0 Å². The molecule has 7 heteroatoms. The van der Waals surface area contributed by atoms with Gasteiger partial charge in [-0.25, -0.2) is 4.98 Å². The average Bonchev–Trinajstić information content (AvgIpc) is 3.92. The summed E-state index contributed by atoms with van der Waals surface area (Å²) >= 11 is 0. The third kappa shape index (κ3) is 5.64. The third-order valence-corrected chi connectivity index (χ3v) is 11.2. The van der Waals surface area contributed by atoms with Crippen molar-refractivity contribution in [1.29, 1.82) is 0 Å². The summed E-state index contributed by atoms with van der Waals surface area (Å²) in [4.78, 5) is 15.7. The van der Waals surface area contributed by atoms with Crippen LogP contribution in [0.15, 0.2) is 188 Å². The van der Waals surface area contributed by atoms with Crippen molar-refractivity contribution in [3.05, 3.63) is 200 Å². The Morgan fingerprint density at radius 3 is 1.40 bits per heavy atom. The zero-order valence-corrected chi connectivity index (χ0v) is 34.1. The first-order valence-electron chi connectivity index (χ1n) is 19.6. The van der Waals surface area contributed by atoms with Gasteiger partial charge in [0, 0.05) is 39.9 Å². The summed E-state index contributed by atoms with van der Waals surface area (Å²) < 4.78 is 11.2. The Balaban J connectivity index is 0.00000408. The summed E-state index contributed by atoms with van der Waals surface area (Å²) in [5, 5.41) is 5.86. The molecule has 284 valence electrons. The molecule has 0 atom stereocenters. The van der Waals surface area contributed by atoms with Crippen molar-refractivity contribution in [1.82, 2.24) is 23.8 Å². The third-order valence-electron chi connectivity index (χ3n) is 11.2. The molecule has 6 nitrogen and oxygen atoms in total. The van der Waals surface area contributed by atoms with Gasteiger partial charge < -0.3 is 13.5 Å². The number of fused-ring (bicyclic) bond motifs is 12. The minimum atomic E-state index is 0. The second kappa shape index (κ2) is 14.5. The molecule has 0 unspecified atom stereocenters. The zero-order chi connectivity index (χ0) is 38.9. The first kappa shape index (κ1) is 35.7. The number of hydrogen-bond donors (Lipinski definition) is 0. The molecular formula is C53H31N5OPt. The molecule has 0 aliphatic heterocycles. The summed E-state index contributed by atoms with van der Waals surface area (Å²) in [5.74, 6) is 1.12. The van der Waals surface area contributed by atoms with Crippen molar-refractivity contribution >= 4 is 54.8 Å². The van der Waals surface area contributed by atoms with Crippen molar-refractivity contribution in [3.8, 4) is 56.5 Å². The van der Waals surface area contributed by atoms with Crippen LogP contribution in [0.4, 0.5) is 0 Å².